The molecule has 1 N–H and O–H groups in total. The van der Waals surface area contributed by atoms with Gasteiger partial charge < -0.3 is 5.32 Å². The molecule has 0 aliphatic rings. The Hall–Kier alpha value is -2.90. The van der Waals surface area contributed by atoms with Gasteiger partial charge in [0.1, 0.15) is 5.52 Å². The van der Waals surface area contributed by atoms with Crippen LogP contribution in [-0.4, -0.2) is 20.9 Å². The third-order valence-corrected chi connectivity index (χ3v) is 3.84. The lowest BCUT2D eigenvalue weighted by atomic mass is 10.1. The number of amides is 1. The van der Waals surface area contributed by atoms with Crippen molar-refractivity contribution in [3.8, 4) is 5.69 Å². The normalized spacial score (nSPS) is 11.7. The summed E-state index contributed by atoms with van der Waals surface area (Å²) in [5.41, 5.74) is 2.48. The molecule has 3 aromatic rings. The van der Waals surface area contributed by atoms with Crippen molar-refractivity contribution >= 4 is 23.3 Å². The van der Waals surface area contributed by atoms with Gasteiger partial charge in [-0.2, -0.15) is 13.2 Å². The van der Waals surface area contributed by atoms with Crippen molar-refractivity contribution in [2.24, 2.45) is 0 Å². The van der Waals surface area contributed by atoms with Crippen molar-refractivity contribution < 1.29 is 18.0 Å². The van der Waals surface area contributed by atoms with Crippen LogP contribution in [0.2, 0.25) is 0 Å². The van der Waals surface area contributed by atoms with Crippen molar-refractivity contribution in [2.45, 2.75) is 26.4 Å². The number of halogens is 3. The Kier molecular flexibility index (Phi) is 4.20. The largest absolute Gasteiger partial charge is 0.450 e. The van der Waals surface area contributed by atoms with Crippen LogP contribution in [0.3, 0.4) is 0 Å². The fraction of sp³-hybridized carbons (Fsp3) is 0.235. The molecule has 0 radical (unpaired) electrons. The van der Waals surface area contributed by atoms with E-state index in [4.69, 9.17) is 0 Å². The van der Waals surface area contributed by atoms with Crippen LogP contribution >= 0.6 is 0 Å². The minimum atomic E-state index is -4.62. The number of carbonyl (C=O) groups excluding carboxylic acids is 1. The molecular formula is C17H15F3N4O. The zero-order valence-electron chi connectivity index (χ0n) is 13.6. The van der Waals surface area contributed by atoms with Gasteiger partial charge in [-0.25, -0.2) is 9.97 Å². The zero-order chi connectivity index (χ0) is 18.2. The number of fused-ring (bicyclic) bond motifs is 1. The van der Waals surface area contributed by atoms with E-state index in [1.807, 2.05) is 6.92 Å². The second-order valence-electron chi connectivity index (χ2n) is 5.52. The molecule has 3 rings (SSSR count). The lowest BCUT2D eigenvalue weighted by Crippen LogP contribution is -2.14. The standard InChI is InChI=1S/C17H15F3N4O/c1-3-11-8-12(5-7-13(11)21-9-25)24-15-14(6-4-10(2)22-15)23-16(24)17(18,19)20/h4-9H,3H2,1-2H3,(H,21,25). The average Bonchev–Trinajstić information content (AvgIpc) is 2.94. The van der Waals surface area contributed by atoms with Gasteiger partial charge in [0.25, 0.3) is 0 Å². The number of pyridine rings is 1. The van der Waals surface area contributed by atoms with E-state index in [2.05, 4.69) is 15.3 Å². The van der Waals surface area contributed by atoms with Crippen LogP contribution in [-0.2, 0) is 17.4 Å². The summed E-state index contributed by atoms with van der Waals surface area (Å²) in [6, 6.07) is 7.82. The first-order chi connectivity index (χ1) is 11.8. The first-order valence-corrected chi connectivity index (χ1v) is 7.62. The quantitative estimate of drug-likeness (QED) is 0.728. The molecule has 25 heavy (non-hydrogen) atoms. The number of nitrogens with zero attached hydrogens (tertiary/aromatic N) is 3. The molecule has 0 atom stereocenters. The Morgan fingerprint density at radius 3 is 2.60 bits per heavy atom. The molecule has 0 fully saturated rings. The molecule has 1 aromatic carbocycles. The van der Waals surface area contributed by atoms with Crippen LogP contribution in [0.5, 0.6) is 0 Å². The third-order valence-electron chi connectivity index (χ3n) is 3.84. The Balaban J connectivity index is 2.30. The molecule has 0 bridgehead atoms. The van der Waals surface area contributed by atoms with Gasteiger partial charge >= 0.3 is 6.18 Å². The van der Waals surface area contributed by atoms with Crippen molar-refractivity contribution in [3.05, 3.63) is 47.4 Å². The number of anilines is 1. The van der Waals surface area contributed by atoms with Crippen LogP contribution in [0, 0.1) is 6.92 Å². The fourth-order valence-electron chi connectivity index (χ4n) is 2.70. The summed E-state index contributed by atoms with van der Waals surface area (Å²) in [7, 11) is 0. The predicted molar refractivity (Wildman–Crippen MR) is 87.7 cm³/mol. The second-order valence-corrected chi connectivity index (χ2v) is 5.52. The molecule has 0 spiro atoms. The van der Waals surface area contributed by atoms with Crippen LogP contribution in [0.4, 0.5) is 18.9 Å². The number of benzene rings is 1. The first-order valence-electron chi connectivity index (χ1n) is 7.62. The Morgan fingerprint density at radius 1 is 1.20 bits per heavy atom. The van der Waals surface area contributed by atoms with Crippen molar-refractivity contribution in [3.63, 3.8) is 0 Å². The molecule has 0 saturated carbocycles. The van der Waals surface area contributed by atoms with Crippen LogP contribution in [0.25, 0.3) is 16.9 Å². The van der Waals surface area contributed by atoms with Gasteiger partial charge in [-0.3, -0.25) is 9.36 Å². The summed E-state index contributed by atoms with van der Waals surface area (Å²) in [5, 5.41) is 2.55. The van der Waals surface area contributed by atoms with Gasteiger partial charge in [-0.1, -0.05) is 6.92 Å². The summed E-state index contributed by atoms with van der Waals surface area (Å²) in [6.45, 7) is 3.56. The lowest BCUT2D eigenvalue weighted by Gasteiger charge is -2.14. The fourth-order valence-corrected chi connectivity index (χ4v) is 2.70. The Morgan fingerprint density at radius 2 is 1.96 bits per heavy atom. The van der Waals surface area contributed by atoms with E-state index < -0.39 is 12.0 Å². The number of aryl methyl sites for hydroxylation is 2. The second kappa shape index (κ2) is 6.19. The van der Waals surface area contributed by atoms with Gasteiger partial charge in [0.05, 0.1) is 0 Å². The zero-order valence-corrected chi connectivity index (χ0v) is 13.6. The number of carbonyl (C=O) groups is 1. The molecule has 130 valence electrons. The maximum Gasteiger partial charge on any atom is 0.450 e. The van der Waals surface area contributed by atoms with Gasteiger partial charge in [0, 0.05) is 17.1 Å². The predicted octanol–water partition coefficient (Wildman–Crippen LogP) is 3.88. The van der Waals surface area contributed by atoms with E-state index >= 15 is 0 Å². The molecule has 2 heterocycles. The molecule has 0 aliphatic carbocycles. The van der Waals surface area contributed by atoms with E-state index in [-0.39, 0.29) is 11.2 Å². The van der Waals surface area contributed by atoms with Gasteiger partial charge in [0.2, 0.25) is 12.2 Å². The molecular weight excluding hydrogens is 333 g/mol. The average molecular weight is 348 g/mol. The Bertz CT molecular complexity index is 947. The number of imidazole rings is 1. The number of hydrogen-bond donors (Lipinski definition) is 1. The Labute approximate surface area is 141 Å². The topological polar surface area (TPSA) is 59.8 Å². The van der Waals surface area contributed by atoms with Gasteiger partial charge in [-0.15, -0.1) is 0 Å². The lowest BCUT2D eigenvalue weighted by molar-refractivity contribution is -0.145. The smallest absolute Gasteiger partial charge is 0.328 e. The van der Waals surface area contributed by atoms with E-state index in [9.17, 15) is 18.0 Å². The number of rotatable bonds is 4. The monoisotopic (exact) mass is 348 g/mol. The van der Waals surface area contributed by atoms with E-state index in [1.54, 1.807) is 25.1 Å². The van der Waals surface area contributed by atoms with E-state index in [1.165, 1.54) is 12.1 Å². The van der Waals surface area contributed by atoms with Crippen LogP contribution in [0.15, 0.2) is 30.3 Å². The molecule has 2 aromatic heterocycles. The molecule has 0 saturated heterocycles. The maximum atomic E-state index is 13.5. The molecule has 5 nitrogen and oxygen atoms in total. The number of nitrogens with one attached hydrogen (secondary N) is 1. The molecule has 0 aliphatic heterocycles. The molecule has 8 heteroatoms. The van der Waals surface area contributed by atoms with Crippen molar-refractivity contribution in [1.29, 1.82) is 0 Å². The minimum Gasteiger partial charge on any atom is -0.328 e. The molecule has 0 unspecified atom stereocenters. The summed E-state index contributed by atoms with van der Waals surface area (Å²) < 4.78 is 41.5. The highest BCUT2D eigenvalue weighted by Crippen LogP contribution is 2.34. The molecule has 1 amide bonds. The van der Waals surface area contributed by atoms with E-state index in [0.717, 1.165) is 4.57 Å². The van der Waals surface area contributed by atoms with Gasteiger partial charge in [0.15, 0.2) is 5.65 Å². The maximum absolute atomic E-state index is 13.5. The summed E-state index contributed by atoms with van der Waals surface area (Å²) >= 11 is 0. The van der Waals surface area contributed by atoms with Crippen molar-refractivity contribution in [2.75, 3.05) is 5.32 Å². The van der Waals surface area contributed by atoms with Crippen molar-refractivity contribution in [1.82, 2.24) is 14.5 Å². The minimum absolute atomic E-state index is 0.144. The van der Waals surface area contributed by atoms with Crippen LogP contribution < -0.4 is 5.32 Å². The first kappa shape index (κ1) is 16.9. The van der Waals surface area contributed by atoms with E-state index in [0.29, 0.717) is 35.5 Å². The highest BCUT2D eigenvalue weighted by molar-refractivity contribution is 5.77. The highest BCUT2D eigenvalue weighted by atomic mass is 19.4. The third kappa shape index (κ3) is 3.07. The summed E-state index contributed by atoms with van der Waals surface area (Å²) in [4.78, 5) is 18.6. The summed E-state index contributed by atoms with van der Waals surface area (Å²) in [6.07, 6.45) is -3.54. The number of hydrogen-bond acceptors (Lipinski definition) is 3. The SMILES string of the molecule is CCc1cc(-n2c(C(F)(F)F)nc3ccc(C)nc32)ccc1NC=O. The van der Waals surface area contributed by atoms with Crippen LogP contribution in [0.1, 0.15) is 24.0 Å². The number of alkyl halides is 3. The highest BCUT2D eigenvalue weighted by Gasteiger charge is 2.38. The van der Waals surface area contributed by atoms with Gasteiger partial charge in [-0.05, 0) is 49.2 Å². The summed E-state index contributed by atoms with van der Waals surface area (Å²) in [5.74, 6) is -1.03. The number of aromatic nitrogens is 3.